The molecule has 0 aliphatic rings. The summed E-state index contributed by atoms with van der Waals surface area (Å²) in [5.74, 6) is -0.855. The molecular formula is C77H140O6. The van der Waals surface area contributed by atoms with Gasteiger partial charge in [-0.1, -0.05) is 345 Å². The highest BCUT2D eigenvalue weighted by atomic mass is 16.6. The first-order chi connectivity index (χ1) is 41.0. The van der Waals surface area contributed by atoms with Gasteiger partial charge in [-0.15, -0.1) is 0 Å². The summed E-state index contributed by atoms with van der Waals surface area (Å²) in [6, 6.07) is 0. The van der Waals surface area contributed by atoms with Crippen molar-refractivity contribution in [3.63, 3.8) is 0 Å². The third-order valence-corrected chi connectivity index (χ3v) is 16.5. The fourth-order valence-corrected chi connectivity index (χ4v) is 11.0. The van der Waals surface area contributed by atoms with E-state index in [4.69, 9.17) is 14.2 Å². The van der Waals surface area contributed by atoms with Gasteiger partial charge in [0.15, 0.2) is 6.10 Å². The van der Waals surface area contributed by atoms with Gasteiger partial charge in [-0.05, 0) is 89.9 Å². The van der Waals surface area contributed by atoms with E-state index in [1.165, 1.54) is 270 Å². The lowest BCUT2D eigenvalue weighted by Gasteiger charge is -2.18. The lowest BCUT2D eigenvalue weighted by atomic mass is 10.0. The average Bonchev–Trinajstić information content (AvgIpc) is 3.48. The summed E-state index contributed by atoms with van der Waals surface area (Å²) in [5, 5.41) is 0. The summed E-state index contributed by atoms with van der Waals surface area (Å²) in [6.45, 7) is 6.66. The Kier molecular flexibility index (Phi) is 69.1. The van der Waals surface area contributed by atoms with Crippen molar-refractivity contribution in [2.75, 3.05) is 13.2 Å². The minimum Gasteiger partial charge on any atom is -0.462 e. The number of hydrogen-bond acceptors (Lipinski definition) is 6. The van der Waals surface area contributed by atoms with Crippen LogP contribution in [0.15, 0.2) is 60.8 Å². The quantitative estimate of drug-likeness (QED) is 0.0261. The van der Waals surface area contributed by atoms with Crippen molar-refractivity contribution in [3.05, 3.63) is 60.8 Å². The predicted octanol–water partition coefficient (Wildman–Crippen LogP) is 25.5. The number of allylic oxidation sites excluding steroid dienone is 10. The Labute approximate surface area is 517 Å². The summed E-state index contributed by atoms with van der Waals surface area (Å²) in [4.78, 5) is 38.4. The number of unbranched alkanes of at least 4 members (excludes halogenated alkanes) is 47. The molecule has 83 heavy (non-hydrogen) atoms. The van der Waals surface area contributed by atoms with E-state index in [2.05, 4.69) is 81.5 Å². The summed E-state index contributed by atoms with van der Waals surface area (Å²) < 4.78 is 17.0. The van der Waals surface area contributed by atoms with Crippen LogP contribution in [-0.4, -0.2) is 37.2 Å². The Morgan fingerprint density at radius 2 is 0.434 bits per heavy atom. The van der Waals surface area contributed by atoms with E-state index in [0.717, 1.165) is 83.5 Å². The highest BCUT2D eigenvalue weighted by Crippen LogP contribution is 2.18. The molecule has 0 heterocycles. The molecule has 484 valence electrons. The first-order valence-electron chi connectivity index (χ1n) is 36.8. The van der Waals surface area contributed by atoms with Crippen LogP contribution in [-0.2, 0) is 28.6 Å². The van der Waals surface area contributed by atoms with Crippen molar-refractivity contribution in [1.82, 2.24) is 0 Å². The molecule has 0 aromatic carbocycles. The second-order valence-electron chi connectivity index (χ2n) is 24.9. The molecule has 0 amide bonds. The minimum atomic E-state index is -0.776. The van der Waals surface area contributed by atoms with E-state index >= 15 is 0 Å². The fourth-order valence-electron chi connectivity index (χ4n) is 11.0. The Bertz CT molecular complexity index is 1470. The third kappa shape index (κ3) is 69.8. The van der Waals surface area contributed by atoms with Crippen molar-refractivity contribution in [2.45, 2.75) is 399 Å². The average molecular weight is 1160 g/mol. The second-order valence-corrected chi connectivity index (χ2v) is 24.9. The van der Waals surface area contributed by atoms with Crippen LogP contribution < -0.4 is 0 Å². The first-order valence-corrected chi connectivity index (χ1v) is 36.8. The van der Waals surface area contributed by atoms with Crippen LogP contribution in [0, 0.1) is 0 Å². The van der Waals surface area contributed by atoms with Crippen LogP contribution in [0.25, 0.3) is 0 Å². The molecule has 0 rings (SSSR count). The van der Waals surface area contributed by atoms with Crippen LogP contribution in [0.5, 0.6) is 0 Å². The van der Waals surface area contributed by atoms with Gasteiger partial charge in [0.2, 0.25) is 0 Å². The van der Waals surface area contributed by atoms with E-state index in [1.54, 1.807) is 0 Å². The molecule has 0 radical (unpaired) electrons. The lowest BCUT2D eigenvalue weighted by molar-refractivity contribution is -0.167. The van der Waals surface area contributed by atoms with Gasteiger partial charge in [-0.25, -0.2) is 0 Å². The van der Waals surface area contributed by atoms with Crippen LogP contribution in [0.3, 0.4) is 0 Å². The van der Waals surface area contributed by atoms with Gasteiger partial charge in [0.1, 0.15) is 13.2 Å². The zero-order chi connectivity index (χ0) is 59.9. The van der Waals surface area contributed by atoms with Crippen LogP contribution in [0.4, 0.5) is 0 Å². The van der Waals surface area contributed by atoms with E-state index in [0.29, 0.717) is 19.3 Å². The highest BCUT2D eigenvalue weighted by molar-refractivity contribution is 5.71. The first kappa shape index (κ1) is 80.1. The topological polar surface area (TPSA) is 78.9 Å². The van der Waals surface area contributed by atoms with E-state index < -0.39 is 6.10 Å². The number of carbonyl (C=O) groups is 3. The van der Waals surface area contributed by atoms with Gasteiger partial charge in [-0.3, -0.25) is 14.4 Å². The number of esters is 3. The van der Waals surface area contributed by atoms with Gasteiger partial charge in [0.05, 0.1) is 0 Å². The molecule has 0 saturated heterocycles. The number of ether oxygens (including phenoxy) is 3. The normalized spacial score (nSPS) is 12.4. The molecule has 1 unspecified atom stereocenters. The number of carbonyl (C=O) groups excluding carboxylic acids is 3. The predicted molar refractivity (Wildman–Crippen MR) is 362 cm³/mol. The second kappa shape index (κ2) is 71.6. The molecule has 0 N–H and O–H groups in total. The summed E-state index contributed by atoms with van der Waals surface area (Å²) in [5.41, 5.74) is 0. The molecule has 0 aromatic rings. The molecule has 0 spiro atoms. The SMILES string of the molecule is CCCCCCC/C=C\C/C=C\C/C=C\CCCCCCCCCCC(=O)OC(COC(=O)CCCCCCCCCCCCC)COC(=O)CCCCCCCCCCCCCCCCCCCCC/C=C\C/C=C\CCCCCCC. The maximum Gasteiger partial charge on any atom is 0.306 e. The summed E-state index contributed by atoms with van der Waals surface area (Å²) >= 11 is 0. The van der Waals surface area contributed by atoms with Gasteiger partial charge >= 0.3 is 17.9 Å². The third-order valence-electron chi connectivity index (χ3n) is 16.5. The number of hydrogen-bond donors (Lipinski definition) is 0. The molecule has 0 aromatic heterocycles. The molecule has 0 saturated carbocycles. The zero-order valence-electron chi connectivity index (χ0n) is 55.7. The van der Waals surface area contributed by atoms with Crippen molar-refractivity contribution in [1.29, 1.82) is 0 Å². The maximum absolute atomic E-state index is 12.9. The van der Waals surface area contributed by atoms with Gasteiger partial charge in [0.25, 0.3) is 0 Å². The Morgan fingerprint density at radius 3 is 0.675 bits per heavy atom. The van der Waals surface area contributed by atoms with Crippen molar-refractivity contribution < 1.29 is 28.6 Å². The Balaban J connectivity index is 4.16. The molecule has 0 aliphatic heterocycles. The fraction of sp³-hybridized carbons (Fsp3) is 0.831. The van der Waals surface area contributed by atoms with Crippen LogP contribution in [0.2, 0.25) is 0 Å². The summed E-state index contributed by atoms with van der Waals surface area (Å²) in [7, 11) is 0. The van der Waals surface area contributed by atoms with E-state index in [-0.39, 0.29) is 31.1 Å². The van der Waals surface area contributed by atoms with Crippen LogP contribution in [0.1, 0.15) is 393 Å². The van der Waals surface area contributed by atoms with E-state index in [1.807, 2.05) is 0 Å². The largest absolute Gasteiger partial charge is 0.462 e. The molecule has 6 nitrogen and oxygen atoms in total. The molecule has 1 atom stereocenters. The minimum absolute atomic E-state index is 0.0722. The van der Waals surface area contributed by atoms with Crippen molar-refractivity contribution >= 4 is 17.9 Å². The highest BCUT2D eigenvalue weighted by Gasteiger charge is 2.19. The maximum atomic E-state index is 12.9. The smallest absolute Gasteiger partial charge is 0.306 e. The van der Waals surface area contributed by atoms with Crippen molar-refractivity contribution in [2.24, 2.45) is 0 Å². The molecule has 0 fully saturated rings. The van der Waals surface area contributed by atoms with Gasteiger partial charge in [-0.2, -0.15) is 0 Å². The van der Waals surface area contributed by atoms with Crippen LogP contribution >= 0.6 is 0 Å². The Morgan fingerprint density at radius 1 is 0.241 bits per heavy atom. The van der Waals surface area contributed by atoms with Crippen molar-refractivity contribution in [3.8, 4) is 0 Å². The summed E-state index contributed by atoms with van der Waals surface area (Å²) in [6.07, 6.45) is 92.6. The number of rotatable bonds is 68. The lowest BCUT2D eigenvalue weighted by Crippen LogP contribution is -2.30. The van der Waals surface area contributed by atoms with Gasteiger partial charge < -0.3 is 14.2 Å². The molecule has 6 heteroatoms. The van der Waals surface area contributed by atoms with E-state index in [9.17, 15) is 14.4 Å². The standard InChI is InChI=1S/C77H140O6/c1-4-7-10-13-16-19-22-24-26-28-30-32-34-35-36-37-38-39-40-41-43-44-46-48-50-52-55-58-61-64-67-70-76(79)82-73-74(72-81-75(78)69-66-63-60-57-54-21-18-15-12-9-6-3)83-77(80)71-68-65-62-59-56-53-51-49-47-45-42-33-31-29-27-25-23-20-17-14-11-8-5-2/h22-25,28-31,42,45,74H,4-21,26-27,32-41,43-44,46-73H2,1-3H3/b24-22-,25-23-,30-28-,31-29-,45-42-. The van der Waals surface area contributed by atoms with Gasteiger partial charge in [0, 0.05) is 19.3 Å². The molecule has 0 aliphatic carbocycles. The Hall–Kier alpha value is -2.89. The monoisotopic (exact) mass is 1160 g/mol. The zero-order valence-corrected chi connectivity index (χ0v) is 55.7. The molecular weight excluding hydrogens is 1020 g/mol. The molecule has 0 bridgehead atoms.